The van der Waals surface area contributed by atoms with Crippen molar-refractivity contribution in [1.29, 1.82) is 0 Å². The van der Waals surface area contributed by atoms with E-state index in [-0.39, 0.29) is 11.9 Å². The quantitative estimate of drug-likeness (QED) is 0.916. The molecule has 20 heavy (non-hydrogen) atoms. The number of nitrogens with one attached hydrogen (secondary N) is 1. The minimum atomic E-state index is -0.369. The normalized spacial score (nSPS) is 19.4. The van der Waals surface area contributed by atoms with Crippen LogP contribution in [0.25, 0.3) is 11.4 Å². The lowest BCUT2D eigenvalue weighted by molar-refractivity contribution is -0.124. The van der Waals surface area contributed by atoms with Crippen LogP contribution in [0.15, 0.2) is 24.3 Å². The molecule has 1 unspecified atom stereocenters. The summed E-state index contributed by atoms with van der Waals surface area (Å²) in [4.78, 5) is 13.4. The van der Waals surface area contributed by atoms with E-state index in [4.69, 9.17) is 11.6 Å². The molecule has 6 nitrogen and oxygen atoms in total. The Balaban J connectivity index is 1.85. The topological polar surface area (TPSA) is 72.7 Å². The van der Waals surface area contributed by atoms with Crippen LogP contribution >= 0.6 is 11.6 Å². The summed E-state index contributed by atoms with van der Waals surface area (Å²) in [6.45, 7) is 0.716. The largest absolute Gasteiger partial charge is 0.354 e. The summed E-state index contributed by atoms with van der Waals surface area (Å²) in [7, 11) is 0. The molecule has 3 rings (SSSR count). The van der Waals surface area contributed by atoms with Gasteiger partial charge in [-0.05, 0) is 48.7 Å². The fourth-order valence-electron chi connectivity index (χ4n) is 2.22. The Morgan fingerprint density at radius 2 is 2.05 bits per heavy atom. The highest BCUT2D eigenvalue weighted by atomic mass is 35.5. The average molecular weight is 292 g/mol. The first-order valence-corrected chi connectivity index (χ1v) is 6.95. The van der Waals surface area contributed by atoms with Gasteiger partial charge in [-0.1, -0.05) is 11.6 Å². The second-order valence-electron chi connectivity index (χ2n) is 4.74. The summed E-state index contributed by atoms with van der Waals surface area (Å²) in [6.07, 6.45) is 2.70. The standard InChI is InChI=1S/C13H14ClN5O/c14-10-6-4-9(5-7-10)12-16-18-19(17-12)11-3-1-2-8-15-13(11)20/h4-7,11H,1-3,8H2,(H,15,20). The van der Waals surface area contributed by atoms with Gasteiger partial charge < -0.3 is 5.32 Å². The van der Waals surface area contributed by atoms with E-state index in [2.05, 4.69) is 20.7 Å². The van der Waals surface area contributed by atoms with Crippen LogP contribution in [0.3, 0.4) is 0 Å². The molecular formula is C13H14ClN5O. The van der Waals surface area contributed by atoms with Gasteiger partial charge in [0, 0.05) is 17.1 Å². The Bertz CT molecular complexity index is 609. The maximum Gasteiger partial charge on any atom is 0.246 e. The minimum Gasteiger partial charge on any atom is -0.354 e. The van der Waals surface area contributed by atoms with Crippen molar-refractivity contribution < 1.29 is 4.79 Å². The number of aromatic nitrogens is 4. The summed E-state index contributed by atoms with van der Waals surface area (Å²) >= 11 is 5.85. The molecule has 1 atom stereocenters. The number of hydrogen-bond donors (Lipinski definition) is 1. The molecule has 1 fully saturated rings. The third kappa shape index (κ3) is 2.65. The van der Waals surface area contributed by atoms with E-state index >= 15 is 0 Å². The summed E-state index contributed by atoms with van der Waals surface area (Å²) < 4.78 is 0. The molecule has 1 aliphatic heterocycles. The van der Waals surface area contributed by atoms with Gasteiger partial charge in [-0.3, -0.25) is 4.79 Å². The van der Waals surface area contributed by atoms with Gasteiger partial charge in [0.15, 0.2) is 6.04 Å². The van der Waals surface area contributed by atoms with Crippen molar-refractivity contribution in [3.05, 3.63) is 29.3 Å². The molecule has 1 amide bonds. The van der Waals surface area contributed by atoms with Gasteiger partial charge in [0.2, 0.25) is 11.7 Å². The molecule has 0 aliphatic carbocycles. The van der Waals surface area contributed by atoms with Crippen LogP contribution < -0.4 is 5.32 Å². The van der Waals surface area contributed by atoms with E-state index in [1.165, 1.54) is 4.80 Å². The number of hydrogen-bond acceptors (Lipinski definition) is 4. The maximum atomic E-state index is 11.9. The van der Waals surface area contributed by atoms with Crippen LogP contribution in [0, 0.1) is 0 Å². The third-order valence-corrected chi connectivity index (χ3v) is 3.57. The summed E-state index contributed by atoms with van der Waals surface area (Å²) in [6, 6.07) is 6.84. The Kier molecular flexibility index (Phi) is 3.64. The van der Waals surface area contributed by atoms with Gasteiger partial charge in [0.25, 0.3) is 0 Å². The highest BCUT2D eigenvalue weighted by Crippen LogP contribution is 2.20. The molecule has 2 aromatic rings. The van der Waals surface area contributed by atoms with Crippen molar-refractivity contribution >= 4 is 17.5 Å². The highest BCUT2D eigenvalue weighted by Gasteiger charge is 2.25. The van der Waals surface area contributed by atoms with Crippen LogP contribution in [0.4, 0.5) is 0 Å². The number of rotatable bonds is 2. The minimum absolute atomic E-state index is 0.0393. The first kappa shape index (κ1) is 13.1. The molecule has 0 spiro atoms. The first-order valence-electron chi connectivity index (χ1n) is 6.57. The number of benzene rings is 1. The third-order valence-electron chi connectivity index (χ3n) is 3.32. The Morgan fingerprint density at radius 1 is 1.25 bits per heavy atom. The van der Waals surface area contributed by atoms with Crippen LogP contribution in [0.1, 0.15) is 25.3 Å². The first-order chi connectivity index (χ1) is 9.74. The predicted molar refractivity (Wildman–Crippen MR) is 74.2 cm³/mol. The number of tetrazole rings is 1. The number of carbonyl (C=O) groups is 1. The van der Waals surface area contributed by atoms with Gasteiger partial charge >= 0.3 is 0 Å². The predicted octanol–water partition coefficient (Wildman–Crippen LogP) is 1.83. The average Bonchev–Trinajstić information content (AvgIpc) is 2.83. The zero-order chi connectivity index (χ0) is 13.9. The van der Waals surface area contributed by atoms with E-state index in [1.807, 2.05) is 12.1 Å². The SMILES string of the molecule is O=C1NCCCCC1n1nnc(-c2ccc(Cl)cc2)n1. The number of halogens is 1. The van der Waals surface area contributed by atoms with E-state index < -0.39 is 0 Å². The lowest BCUT2D eigenvalue weighted by atomic mass is 10.1. The van der Waals surface area contributed by atoms with Gasteiger partial charge in [0.1, 0.15) is 0 Å². The van der Waals surface area contributed by atoms with Gasteiger partial charge in [-0.2, -0.15) is 4.80 Å². The van der Waals surface area contributed by atoms with Crippen molar-refractivity contribution in [2.45, 2.75) is 25.3 Å². The Hall–Kier alpha value is -1.95. The molecule has 1 saturated heterocycles. The zero-order valence-corrected chi connectivity index (χ0v) is 11.5. The van der Waals surface area contributed by atoms with E-state index in [1.54, 1.807) is 12.1 Å². The van der Waals surface area contributed by atoms with E-state index in [9.17, 15) is 4.79 Å². The summed E-state index contributed by atoms with van der Waals surface area (Å²) in [5.41, 5.74) is 0.828. The fourth-order valence-corrected chi connectivity index (χ4v) is 2.34. The fraction of sp³-hybridized carbons (Fsp3) is 0.385. The van der Waals surface area contributed by atoms with Crippen molar-refractivity contribution in [2.75, 3.05) is 6.54 Å². The van der Waals surface area contributed by atoms with Crippen LogP contribution in [0.5, 0.6) is 0 Å². The molecule has 1 aromatic carbocycles. The van der Waals surface area contributed by atoms with Crippen LogP contribution in [-0.4, -0.2) is 32.7 Å². The summed E-state index contributed by atoms with van der Waals surface area (Å²) in [5, 5.41) is 15.9. The molecule has 1 N–H and O–H groups in total. The number of carbonyl (C=O) groups excluding carboxylic acids is 1. The van der Waals surface area contributed by atoms with Crippen molar-refractivity contribution in [3.8, 4) is 11.4 Å². The van der Waals surface area contributed by atoms with E-state index in [0.717, 1.165) is 24.8 Å². The molecule has 2 heterocycles. The maximum absolute atomic E-state index is 11.9. The molecule has 0 saturated carbocycles. The van der Waals surface area contributed by atoms with Crippen LogP contribution in [0.2, 0.25) is 5.02 Å². The zero-order valence-electron chi connectivity index (χ0n) is 10.8. The second kappa shape index (κ2) is 5.58. The van der Waals surface area contributed by atoms with Crippen LogP contribution in [-0.2, 0) is 4.79 Å². The van der Waals surface area contributed by atoms with Gasteiger partial charge in [0.05, 0.1) is 0 Å². The Labute approximate surface area is 121 Å². The van der Waals surface area contributed by atoms with Crippen molar-refractivity contribution in [1.82, 2.24) is 25.5 Å². The highest BCUT2D eigenvalue weighted by molar-refractivity contribution is 6.30. The molecule has 1 aromatic heterocycles. The van der Waals surface area contributed by atoms with Gasteiger partial charge in [-0.15, -0.1) is 10.2 Å². The second-order valence-corrected chi connectivity index (χ2v) is 5.18. The number of amides is 1. The van der Waals surface area contributed by atoms with Crippen molar-refractivity contribution in [2.24, 2.45) is 0 Å². The smallest absolute Gasteiger partial charge is 0.246 e. The van der Waals surface area contributed by atoms with Gasteiger partial charge in [-0.25, -0.2) is 0 Å². The monoisotopic (exact) mass is 291 g/mol. The lowest BCUT2D eigenvalue weighted by Crippen LogP contribution is -2.32. The van der Waals surface area contributed by atoms with E-state index in [0.29, 0.717) is 17.4 Å². The number of nitrogens with zero attached hydrogens (tertiary/aromatic N) is 4. The molecule has 7 heteroatoms. The summed E-state index contributed by atoms with van der Waals surface area (Å²) in [5.74, 6) is 0.460. The molecule has 0 bridgehead atoms. The van der Waals surface area contributed by atoms with Crippen molar-refractivity contribution in [3.63, 3.8) is 0 Å². The molecule has 0 radical (unpaired) electrons. The molecular weight excluding hydrogens is 278 g/mol. The molecule has 1 aliphatic rings. The molecule has 104 valence electrons. The Morgan fingerprint density at radius 3 is 2.85 bits per heavy atom. The lowest BCUT2D eigenvalue weighted by Gasteiger charge is -2.10.